The van der Waals surface area contributed by atoms with Crippen molar-refractivity contribution >= 4 is 5.91 Å². The number of amides is 1. The zero-order valence-electron chi connectivity index (χ0n) is 12.7. The van der Waals surface area contributed by atoms with Gasteiger partial charge in [0.2, 0.25) is 5.91 Å². The molecule has 1 aromatic carbocycles. The molecular formula is C17H17F3N2O. The van der Waals surface area contributed by atoms with Crippen LogP contribution in [0, 0.1) is 22.6 Å². The summed E-state index contributed by atoms with van der Waals surface area (Å²) in [6.45, 7) is 1.61. The second-order valence-corrected chi connectivity index (χ2v) is 6.36. The normalized spacial score (nSPS) is 29.9. The van der Waals surface area contributed by atoms with E-state index in [-0.39, 0.29) is 24.4 Å². The summed E-state index contributed by atoms with van der Waals surface area (Å²) in [7, 11) is 0. The van der Waals surface area contributed by atoms with Crippen LogP contribution >= 0.6 is 0 Å². The zero-order chi connectivity index (χ0) is 16.8. The highest BCUT2D eigenvalue weighted by atomic mass is 19.3. The molecule has 23 heavy (non-hydrogen) atoms. The second-order valence-electron chi connectivity index (χ2n) is 6.36. The third-order valence-electron chi connectivity index (χ3n) is 5.25. The Balaban J connectivity index is 1.98. The largest absolute Gasteiger partial charge is 0.332 e. The first-order valence-corrected chi connectivity index (χ1v) is 7.74. The lowest BCUT2D eigenvalue weighted by Gasteiger charge is -2.29. The van der Waals surface area contributed by atoms with Crippen molar-refractivity contribution < 1.29 is 18.0 Å². The van der Waals surface area contributed by atoms with Gasteiger partial charge in [0.15, 0.2) is 0 Å². The number of carbonyl (C=O) groups is 1. The Labute approximate surface area is 132 Å². The molecule has 122 valence electrons. The van der Waals surface area contributed by atoms with Crippen LogP contribution in [-0.4, -0.2) is 23.3 Å². The van der Waals surface area contributed by atoms with Crippen molar-refractivity contribution in [2.24, 2.45) is 5.41 Å². The molecule has 2 aliphatic rings. The van der Waals surface area contributed by atoms with Gasteiger partial charge in [-0.3, -0.25) is 4.79 Å². The fraction of sp³-hybridized carbons (Fsp3) is 0.529. The molecule has 2 saturated heterocycles. The van der Waals surface area contributed by atoms with Gasteiger partial charge in [-0.2, -0.15) is 5.26 Å². The fourth-order valence-electron chi connectivity index (χ4n) is 3.98. The fourth-order valence-corrected chi connectivity index (χ4v) is 3.98. The number of hydrogen-bond acceptors (Lipinski definition) is 2. The lowest BCUT2D eigenvalue weighted by Crippen LogP contribution is -2.40. The van der Waals surface area contributed by atoms with E-state index in [4.69, 9.17) is 5.26 Å². The first-order valence-electron chi connectivity index (χ1n) is 7.74. The van der Waals surface area contributed by atoms with Gasteiger partial charge in [-0.25, -0.2) is 13.2 Å². The molecule has 0 spiro atoms. The van der Waals surface area contributed by atoms with Crippen molar-refractivity contribution in [2.75, 3.05) is 0 Å². The summed E-state index contributed by atoms with van der Waals surface area (Å²) < 4.78 is 40.7. The summed E-state index contributed by atoms with van der Waals surface area (Å²) in [5.41, 5.74) is -0.932. The zero-order valence-corrected chi connectivity index (χ0v) is 12.7. The van der Waals surface area contributed by atoms with Crippen molar-refractivity contribution in [3.63, 3.8) is 0 Å². The van der Waals surface area contributed by atoms with E-state index < -0.39 is 29.6 Å². The first-order chi connectivity index (χ1) is 10.9. The predicted octanol–water partition coefficient (Wildman–Crippen LogP) is 3.79. The van der Waals surface area contributed by atoms with Crippen LogP contribution in [0.15, 0.2) is 18.2 Å². The third kappa shape index (κ3) is 2.30. The molecule has 0 aromatic heterocycles. The van der Waals surface area contributed by atoms with Crippen molar-refractivity contribution in [3.8, 4) is 6.07 Å². The van der Waals surface area contributed by atoms with Gasteiger partial charge in [0.25, 0.3) is 6.43 Å². The molecule has 0 unspecified atom stereocenters. The molecule has 2 aliphatic heterocycles. The topological polar surface area (TPSA) is 44.1 Å². The molecular weight excluding hydrogens is 305 g/mol. The van der Waals surface area contributed by atoms with Crippen LogP contribution in [0.2, 0.25) is 0 Å². The number of nitriles is 1. The van der Waals surface area contributed by atoms with Crippen LogP contribution in [0.25, 0.3) is 0 Å². The van der Waals surface area contributed by atoms with E-state index in [1.54, 1.807) is 6.92 Å². The number of rotatable bonds is 3. The number of nitrogens with zero attached hydrogens (tertiary/aromatic N) is 2. The number of hydrogen-bond donors (Lipinski definition) is 0. The van der Waals surface area contributed by atoms with Crippen molar-refractivity contribution in [1.29, 1.82) is 5.26 Å². The van der Waals surface area contributed by atoms with Crippen LogP contribution in [0.5, 0.6) is 0 Å². The van der Waals surface area contributed by atoms with Gasteiger partial charge < -0.3 is 4.90 Å². The van der Waals surface area contributed by atoms with Crippen LogP contribution in [0.3, 0.4) is 0 Å². The first kappa shape index (κ1) is 15.9. The van der Waals surface area contributed by atoms with Gasteiger partial charge in [0, 0.05) is 6.04 Å². The summed E-state index contributed by atoms with van der Waals surface area (Å²) in [6.07, 6.45) is -1.22. The minimum atomic E-state index is -2.70. The molecule has 1 amide bonds. The molecule has 0 aliphatic carbocycles. The van der Waals surface area contributed by atoms with E-state index >= 15 is 0 Å². The number of benzene rings is 1. The Morgan fingerprint density at radius 3 is 2.74 bits per heavy atom. The molecule has 0 radical (unpaired) electrons. The van der Waals surface area contributed by atoms with Gasteiger partial charge >= 0.3 is 0 Å². The van der Waals surface area contributed by atoms with Gasteiger partial charge in [0.1, 0.15) is 11.2 Å². The molecule has 0 N–H and O–H groups in total. The molecule has 3 atom stereocenters. The summed E-state index contributed by atoms with van der Waals surface area (Å²) in [4.78, 5) is 14.2. The highest BCUT2D eigenvalue weighted by molar-refractivity contribution is 5.86. The molecule has 0 saturated carbocycles. The van der Waals surface area contributed by atoms with Crippen molar-refractivity contribution in [1.82, 2.24) is 4.90 Å². The standard InChI is InChI=1S/C17H17F3N2O/c1-2-17(15(19)20)8-13-3-4-14(22(13)16(17)23)11-5-10(9-21)6-12(18)7-11/h5-7,13-15H,2-4,8H2,1H3/t13-,14-,17-/m0/s1. The van der Waals surface area contributed by atoms with E-state index in [1.807, 2.05) is 6.07 Å². The highest BCUT2D eigenvalue weighted by Crippen LogP contribution is 2.52. The Kier molecular flexibility index (Phi) is 3.83. The smallest absolute Gasteiger partial charge is 0.252 e. The van der Waals surface area contributed by atoms with Gasteiger partial charge in [0.05, 0.1) is 17.7 Å². The van der Waals surface area contributed by atoms with Gasteiger partial charge in [-0.15, -0.1) is 0 Å². The minimum Gasteiger partial charge on any atom is -0.332 e. The third-order valence-corrected chi connectivity index (χ3v) is 5.25. The number of alkyl halides is 2. The van der Waals surface area contributed by atoms with Gasteiger partial charge in [-0.1, -0.05) is 6.92 Å². The summed E-state index contributed by atoms with van der Waals surface area (Å²) >= 11 is 0. The van der Waals surface area contributed by atoms with E-state index in [0.29, 0.717) is 18.4 Å². The SMILES string of the molecule is CC[C@@]1(C(F)F)C[C@@H]2CC[C@@H](c3cc(F)cc(C#N)c3)N2C1=O. The monoisotopic (exact) mass is 322 g/mol. The number of carbonyl (C=O) groups excluding carboxylic acids is 1. The van der Waals surface area contributed by atoms with E-state index in [9.17, 15) is 18.0 Å². The summed E-state index contributed by atoms with van der Waals surface area (Å²) in [6, 6.07) is 5.18. The second kappa shape index (κ2) is 5.55. The molecule has 2 heterocycles. The predicted molar refractivity (Wildman–Crippen MR) is 77.1 cm³/mol. The van der Waals surface area contributed by atoms with Crippen LogP contribution in [0.1, 0.15) is 49.8 Å². The van der Waals surface area contributed by atoms with E-state index in [1.165, 1.54) is 17.0 Å². The quantitative estimate of drug-likeness (QED) is 0.850. The Bertz CT molecular complexity index is 685. The number of halogens is 3. The molecule has 6 heteroatoms. The molecule has 3 rings (SSSR count). The maximum Gasteiger partial charge on any atom is 0.252 e. The average Bonchev–Trinajstić information content (AvgIpc) is 3.05. The van der Waals surface area contributed by atoms with Crippen molar-refractivity contribution in [2.45, 2.75) is 51.1 Å². The van der Waals surface area contributed by atoms with Crippen LogP contribution in [0.4, 0.5) is 13.2 Å². The summed E-state index contributed by atoms with van der Waals surface area (Å²) in [5, 5.41) is 8.97. The van der Waals surface area contributed by atoms with Crippen LogP contribution in [-0.2, 0) is 4.79 Å². The molecule has 0 bridgehead atoms. The Morgan fingerprint density at radius 1 is 1.39 bits per heavy atom. The van der Waals surface area contributed by atoms with Gasteiger partial charge in [-0.05, 0) is 49.4 Å². The minimum absolute atomic E-state index is 0.0931. The maximum atomic E-state index is 13.7. The number of fused-ring (bicyclic) bond motifs is 1. The Morgan fingerprint density at radius 2 is 2.13 bits per heavy atom. The van der Waals surface area contributed by atoms with E-state index in [0.717, 1.165) is 6.07 Å². The molecule has 3 nitrogen and oxygen atoms in total. The Hall–Kier alpha value is -2.03. The average molecular weight is 322 g/mol. The molecule has 2 fully saturated rings. The lowest BCUT2D eigenvalue weighted by atomic mass is 9.81. The van der Waals surface area contributed by atoms with Crippen LogP contribution < -0.4 is 0 Å². The summed E-state index contributed by atoms with van der Waals surface area (Å²) in [5.74, 6) is -1.09. The maximum absolute atomic E-state index is 13.7. The van der Waals surface area contributed by atoms with E-state index in [2.05, 4.69) is 0 Å². The van der Waals surface area contributed by atoms with Crippen molar-refractivity contribution in [3.05, 3.63) is 35.1 Å². The lowest BCUT2D eigenvalue weighted by molar-refractivity contribution is -0.146. The highest BCUT2D eigenvalue weighted by Gasteiger charge is 2.59. The molecule has 1 aromatic rings.